The van der Waals surface area contributed by atoms with E-state index < -0.39 is 11.8 Å². The standard InChI is InChI=1S/C32H38FN3O4S/c1-15-22(10-18-11-24(15)32(18,2)3)27-23(29(40-35-27)16-4-5-16)14-39-21-12-19-6-7-20(13-21)36(19)31-34-28-25(33)8-17(30(37)38)9-26(28)41-31/h8-9,15-16,18-22,24H,4-7,10-14H2,1-3H3,(H,37,38)/t15-,18-,19-,20+,21?,22+,24-/m1/s1. The molecule has 9 rings (SSSR count). The van der Waals surface area contributed by atoms with Crippen LogP contribution in [0, 0.1) is 29.0 Å². The Hall–Kier alpha value is -2.52. The number of carboxylic acids is 1. The molecule has 1 aromatic carbocycles. The van der Waals surface area contributed by atoms with Gasteiger partial charge in [-0.1, -0.05) is 37.3 Å². The summed E-state index contributed by atoms with van der Waals surface area (Å²) in [6.45, 7) is 7.88. The number of carboxylic acid groups (broad SMARTS) is 1. The Morgan fingerprint density at radius 1 is 1.17 bits per heavy atom. The Labute approximate surface area is 243 Å². The number of fused-ring (bicyclic) bond motifs is 5. The van der Waals surface area contributed by atoms with E-state index in [0.29, 0.717) is 46.6 Å². The van der Waals surface area contributed by atoms with E-state index in [4.69, 9.17) is 14.4 Å². The van der Waals surface area contributed by atoms with Gasteiger partial charge in [0.2, 0.25) is 0 Å². The van der Waals surface area contributed by atoms with E-state index in [-0.39, 0.29) is 17.2 Å². The third kappa shape index (κ3) is 4.08. The lowest BCUT2D eigenvalue weighted by Crippen LogP contribution is -2.54. The number of carbonyl (C=O) groups is 1. The van der Waals surface area contributed by atoms with Crippen LogP contribution in [0.5, 0.6) is 0 Å². The highest BCUT2D eigenvalue weighted by Crippen LogP contribution is 2.65. The van der Waals surface area contributed by atoms with Crippen LogP contribution in [-0.2, 0) is 11.3 Å². The minimum Gasteiger partial charge on any atom is -0.478 e. The molecule has 2 aromatic heterocycles. The normalized spacial score (nSPS) is 33.8. The van der Waals surface area contributed by atoms with Crippen LogP contribution in [0.4, 0.5) is 9.52 Å². The molecule has 4 bridgehead atoms. The number of aromatic carboxylic acids is 1. The molecule has 41 heavy (non-hydrogen) atoms. The summed E-state index contributed by atoms with van der Waals surface area (Å²) in [4.78, 5) is 18.4. The summed E-state index contributed by atoms with van der Waals surface area (Å²) < 4.78 is 28.0. The number of anilines is 1. The number of rotatable bonds is 7. The molecular formula is C32H38FN3O4S. The zero-order valence-electron chi connectivity index (χ0n) is 23.9. The average Bonchev–Trinajstić information content (AvgIpc) is 3.45. The van der Waals surface area contributed by atoms with Crippen molar-refractivity contribution in [3.63, 3.8) is 0 Å². The SMILES string of the molecule is C[C@@H]1[C@@H](c2noc(C3CC3)c2COC2C[C@H]3CC[C@@H](C2)N3c2nc3c(F)cc(C(=O)O)cc3s2)C[C@@H]2C[C@H]1C2(C)C. The van der Waals surface area contributed by atoms with Crippen LogP contribution in [-0.4, -0.2) is 39.4 Å². The maximum Gasteiger partial charge on any atom is 0.335 e. The van der Waals surface area contributed by atoms with Crippen molar-refractivity contribution in [1.82, 2.24) is 10.1 Å². The van der Waals surface area contributed by atoms with Gasteiger partial charge in [0.1, 0.15) is 11.3 Å². The highest BCUT2D eigenvalue weighted by atomic mass is 32.1. The smallest absolute Gasteiger partial charge is 0.335 e. The lowest BCUT2D eigenvalue weighted by Gasteiger charge is -2.62. The molecule has 4 saturated carbocycles. The number of benzene rings is 1. The first-order valence-electron chi connectivity index (χ1n) is 15.4. The Morgan fingerprint density at radius 2 is 1.93 bits per heavy atom. The topological polar surface area (TPSA) is 88.7 Å². The van der Waals surface area contributed by atoms with Gasteiger partial charge in [-0.05, 0) is 86.7 Å². The van der Waals surface area contributed by atoms with Crippen molar-refractivity contribution in [2.45, 2.75) is 109 Å². The second kappa shape index (κ2) is 9.24. The zero-order valence-corrected chi connectivity index (χ0v) is 24.8. The first kappa shape index (κ1) is 26.1. The largest absolute Gasteiger partial charge is 0.478 e. The maximum atomic E-state index is 14.7. The van der Waals surface area contributed by atoms with Crippen molar-refractivity contribution >= 4 is 32.7 Å². The van der Waals surface area contributed by atoms with Gasteiger partial charge in [-0.2, -0.15) is 0 Å². The number of nitrogens with zero attached hydrogens (tertiary/aromatic N) is 3. The molecule has 2 saturated heterocycles. The van der Waals surface area contributed by atoms with Crippen molar-refractivity contribution in [2.24, 2.45) is 23.2 Å². The molecule has 218 valence electrons. The molecule has 9 heteroatoms. The Bertz CT molecular complexity index is 1510. The van der Waals surface area contributed by atoms with Crippen LogP contribution in [0.2, 0.25) is 0 Å². The third-order valence-electron chi connectivity index (χ3n) is 11.6. The lowest BCUT2D eigenvalue weighted by molar-refractivity contribution is -0.111. The van der Waals surface area contributed by atoms with E-state index in [1.165, 1.54) is 54.3 Å². The van der Waals surface area contributed by atoms with Gasteiger partial charge < -0.3 is 19.3 Å². The summed E-state index contributed by atoms with van der Waals surface area (Å²) in [5, 5.41) is 14.8. The van der Waals surface area contributed by atoms with E-state index >= 15 is 0 Å². The molecule has 0 radical (unpaired) electrons. The van der Waals surface area contributed by atoms with Gasteiger partial charge in [0, 0.05) is 29.5 Å². The summed E-state index contributed by atoms with van der Waals surface area (Å²) in [6, 6.07) is 3.18. The Kier molecular flexibility index (Phi) is 5.89. The maximum absolute atomic E-state index is 14.7. The molecule has 6 fully saturated rings. The molecule has 0 amide bonds. The monoisotopic (exact) mass is 579 g/mol. The molecule has 1 N–H and O–H groups in total. The zero-order chi connectivity index (χ0) is 28.2. The number of hydrogen-bond donors (Lipinski definition) is 1. The fourth-order valence-corrected chi connectivity index (χ4v) is 10.1. The van der Waals surface area contributed by atoms with Crippen LogP contribution >= 0.6 is 11.3 Å². The average molecular weight is 580 g/mol. The van der Waals surface area contributed by atoms with Gasteiger partial charge in [-0.3, -0.25) is 0 Å². The second-order valence-electron chi connectivity index (χ2n) is 14.0. The van der Waals surface area contributed by atoms with Crippen molar-refractivity contribution in [3.05, 3.63) is 40.5 Å². The number of halogens is 1. The molecule has 1 unspecified atom stereocenters. The first-order valence-corrected chi connectivity index (χ1v) is 16.2. The van der Waals surface area contributed by atoms with Gasteiger partial charge >= 0.3 is 5.97 Å². The summed E-state index contributed by atoms with van der Waals surface area (Å²) in [5.41, 5.74) is 3.06. The van der Waals surface area contributed by atoms with E-state index in [1.807, 2.05) is 0 Å². The minimum atomic E-state index is -1.13. The van der Waals surface area contributed by atoms with Crippen LogP contribution in [0.15, 0.2) is 16.7 Å². The molecule has 7 atom stereocenters. The van der Waals surface area contributed by atoms with Crippen molar-refractivity contribution in [3.8, 4) is 0 Å². The highest BCUT2D eigenvalue weighted by molar-refractivity contribution is 7.22. The first-order chi connectivity index (χ1) is 19.7. The molecule has 4 heterocycles. The van der Waals surface area contributed by atoms with Crippen LogP contribution in [0.1, 0.15) is 111 Å². The van der Waals surface area contributed by atoms with Crippen molar-refractivity contribution in [2.75, 3.05) is 4.90 Å². The second-order valence-corrected chi connectivity index (χ2v) is 15.1. The molecule has 7 nitrogen and oxygen atoms in total. The molecule has 6 aliphatic rings. The van der Waals surface area contributed by atoms with E-state index in [0.717, 1.165) is 54.5 Å². The molecule has 4 aliphatic carbocycles. The third-order valence-corrected chi connectivity index (χ3v) is 12.6. The van der Waals surface area contributed by atoms with Crippen LogP contribution in [0.3, 0.4) is 0 Å². The number of thiazole rings is 1. The lowest BCUT2D eigenvalue weighted by atomic mass is 9.43. The summed E-state index contributed by atoms with van der Waals surface area (Å²) >= 11 is 1.39. The minimum absolute atomic E-state index is 0.0395. The van der Waals surface area contributed by atoms with Gasteiger partial charge in [-0.25, -0.2) is 14.2 Å². The van der Waals surface area contributed by atoms with Crippen molar-refractivity contribution in [1.29, 1.82) is 0 Å². The number of aromatic nitrogens is 2. The number of piperidine rings is 1. The van der Waals surface area contributed by atoms with Gasteiger partial charge in [0.15, 0.2) is 10.9 Å². The molecule has 2 aliphatic heterocycles. The highest BCUT2D eigenvalue weighted by Gasteiger charge is 2.57. The molecular weight excluding hydrogens is 541 g/mol. The van der Waals surface area contributed by atoms with E-state index in [9.17, 15) is 14.3 Å². The fraction of sp³-hybridized carbons (Fsp3) is 0.656. The van der Waals surface area contributed by atoms with E-state index in [2.05, 4.69) is 30.7 Å². The van der Waals surface area contributed by atoms with Gasteiger partial charge in [0.25, 0.3) is 0 Å². The van der Waals surface area contributed by atoms with Crippen LogP contribution in [0.25, 0.3) is 10.2 Å². The Balaban J connectivity index is 0.993. The molecule has 3 aromatic rings. The van der Waals surface area contributed by atoms with Crippen LogP contribution < -0.4 is 4.90 Å². The quantitative estimate of drug-likeness (QED) is 0.310. The predicted octanol–water partition coefficient (Wildman–Crippen LogP) is 7.50. The van der Waals surface area contributed by atoms with Gasteiger partial charge in [-0.15, -0.1) is 0 Å². The summed E-state index contributed by atoms with van der Waals surface area (Å²) in [5.74, 6) is 2.47. The predicted molar refractivity (Wildman–Crippen MR) is 154 cm³/mol. The van der Waals surface area contributed by atoms with Gasteiger partial charge in [0.05, 0.1) is 28.7 Å². The summed E-state index contributed by atoms with van der Waals surface area (Å²) in [6.07, 6.45) is 9.01. The van der Waals surface area contributed by atoms with Crippen molar-refractivity contribution < 1.29 is 23.6 Å². The fourth-order valence-electron chi connectivity index (χ4n) is 8.94. The Morgan fingerprint density at radius 3 is 2.59 bits per heavy atom. The summed E-state index contributed by atoms with van der Waals surface area (Å²) in [7, 11) is 0. The number of hydrogen-bond acceptors (Lipinski definition) is 7. The van der Waals surface area contributed by atoms with E-state index in [1.54, 1.807) is 0 Å². The molecule has 0 spiro atoms. The number of ether oxygens (including phenoxy) is 1.